The predicted octanol–water partition coefficient (Wildman–Crippen LogP) is 2.36. The Balaban J connectivity index is 2.26. The fourth-order valence-electron chi connectivity index (χ4n) is 1.09. The Morgan fingerprint density at radius 1 is 1.44 bits per heavy atom. The van der Waals surface area contributed by atoms with Gasteiger partial charge in [0.25, 0.3) is 0 Å². The molecule has 0 saturated carbocycles. The quantitative estimate of drug-likeness (QED) is 0.610. The summed E-state index contributed by atoms with van der Waals surface area (Å²) in [5.41, 5.74) is 0.892. The zero-order chi connectivity index (χ0) is 11.8. The molecule has 2 nitrogen and oxygen atoms in total. The number of carbonyl (C=O) groups is 1. The lowest BCUT2D eigenvalue weighted by atomic mass is 10.2. The highest BCUT2D eigenvalue weighted by atomic mass is 32.2. The molecule has 0 aromatic heterocycles. The van der Waals surface area contributed by atoms with Crippen LogP contribution in [0, 0.1) is 5.82 Å². The molecular weight excluding hydrogens is 225 g/mol. The monoisotopic (exact) mass is 239 g/mol. The van der Waals surface area contributed by atoms with E-state index in [1.165, 1.54) is 23.9 Å². The number of hydrogen-bond donors (Lipinski definition) is 1. The number of nitrogens with one attached hydrogen (secondary N) is 1. The Hall–Kier alpha value is -1.29. The lowest BCUT2D eigenvalue weighted by Crippen LogP contribution is -2.24. The Kier molecular flexibility index (Phi) is 5.64. The maximum Gasteiger partial charge on any atom is 0.230 e. The van der Waals surface area contributed by atoms with E-state index in [4.69, 9.17) is 0 Å². The Morgan fingerprint density at radius 3 is 2.75 bits per heavy atom. The number of rotatable bonds is 6. The van der Waals surface area contributed by atoms with Gasteiger partial charge in [-0.15, -0.1) is 18.3 Å². The zero-order valence-electron chi connectivity index (χ0n) is 8.91. The van der Waals surface area contributed by atoms with Gasteiger partial charge in [0.05, 0.1) is 5.75 Å². The first-order chi connectivity index (χ1) is 7.72. The fraction of sp³-hybridized carbons (Fsp3) is 0.250. The van der Waals surface area contributed by atoms with Crippen molar-refractivity contribution in [1.29, 1.82) is 0 Å². The van der Waals surface area contributed by atoms with Gasteiger partial charge in [-0.25, -0.2) is 4.39 Å². The highest BCUT2D eigenvalue weighted by Crippen LogP contribution is 2.03. The summed E-state index contributed by atoms with van der Waals surface area (Å²) in [5.74, 6) is 0.907. The summed E-state index contributed by atoms with van der Waals surface area (Å²) in [6.45, 7) is 4.01. The summed E-state index contributed by atoms with van der Waals surface area (Å²) in [6.07, 6.45) is 1.76. The largest absolute Gasteiger partial charge is 0.351 e. The number of halogens is 1. The van der Waals surface area contributed by atoms with Gasteiger partial charge in [-0.1, -0.05) is 18.2 Å². The van der Waals surface area contributed by atoms with E-state index in [9.17, 15) is 9.18 Å². The van der Waals surface area contributed by atoms with E-state index in [1.54, 1.807) is 18.2 Å². The van der Waals surface area contributed by atoms with Crippen molar-refractivity contribution in [1.82, 2.24) is 5.32 Å². The van der Waals surface area contributed by atoms with Crippen LogP contribution in [0.25, 0.3) is 0 Å². The van der Waals surface area contributed by atoms with Crippen molar-refractivity contribution < 1.29 is 9.18 Å². The van der Waals surface area contributed by atoms with Gasteiger partial charge >= 0.3 is 0 Å². The van der Waals surface area contributed by atoms with Crippen molar-refractivity contribution in [2.45, 2.75) is 6.54 Å². The minimum absolute atomic E-state index is 0.0174. The third kappa shape index (κ3) is 4.98. The van der Waals surface area contributed by atoms with E-state index in [0.29, 0.717) is 12.3 Å². The molecule has 0 aliphatic heterocycles. The molecular formula is C12H14FNOS. The second-order valence-electron chi connectivity index (χ2n) is 3.21. The van der Waals surface area contributed by atoms with Gasteiger partial charge in [-0.3, -0.25) is 4.79 Å². The third-order valence-corrected chi connectivity index (χ3v) is 2.81. The van der Waals surface area contributed by atoms with Crippen molar-refractivity contribution in [2.75, 3.05) is 11.5 Å². The van der Waals surface area contributed by atoms with Gasteiger partial charge in [0.1, 0.15) is 5.82 Å². The number of carbonyl (C=O) groups excluding carboxylic acids is 1. The average molecular weight is 239 g/mol. The van der Waals surface area contributed by atoms with Crippen molar-refractivity contribution in [3.05, 3.63) is 48.3 Å². The van der Waals surface area contributed by atoms with Crippen LogP contribution >= 0.6 is 11.8 Å². The first kappa shape index (κ1) is 12.8. The smallest absolute Gasteiger partial charge is 0.230 e. The minimum Gasteiger partial charge on any atom is -0.351 e. The topological polar surface area (TPSA) is 29.1 Å². The van der Waals surface area contributed by atoms with E-state index in [-0.39, 0.29) is 11.7 Å². The molecule has 0 heterocycles. The summed E-state index contributed by atoms with van der Waals surface area (Å²) >= 11 is 1.51. The molecule has 86 valence electrons. The van der Waals surface area contributed by atoms with Crippen LogP contribution in [0.1, 0.15) is 5.56 Å². The van der Waals surface area contributed by atoms with Crippen LogP contribution in [0.5, 0.6) is 0 Å². The summed E-state index contributed by atoms with van der Waals surface area (Å²) in [4.78, 5) is 11.3. The van der Waals surface area contributed by atoms with Crippen LogP contribution in [0.2, 0.25) is 0 Å². The van der Waals surface area contributed by atoms with Crippen molar-refractivity contribution in [3.63, 3.8) is 0 Å². The van der Waals surface area contributed by atoms with Gasteiger partial charge in [0.15, 0.2) is 0 Å². The molecule has 4 heteroatoms. The van der Waals surface area contributed by atoms with Crippen molar-refractivity contribution in [2.24, 2.45) is 0 Å². The number of hydrogen-bond acceptors (Lipinski definition) is 2. The molecule has 1 amide bonds. The molecule has 0 atom stereocenters. The van der Waals surface area contributed by atoms with Crippen LogP contribution in [0.4, 0.5) is 4.39 Å². The van der Waals surface area contributed by atoms with Crippen LogP contribution in [0.15, 0.2) is 36.9 Å². The molecule has 1 aromatic carbocycles. The standard InChI is InChI=1S/C12H14FNOS/c1-2-7-16-9-12(15)14-8-10-3-5-11(13)6-4-10/h2-6H,1,7-9H2,(H,14,15). The predicted molar refractivity (Wildman–Crippen MR) is 65.8 cm³/mol. The Morgan fingerprint density at radius 2 is 2.12 bits per heavy atom. The van der Waals surface area contributed by atoms with Gasteiger partial charge in [0, 0.05) is 12.3 Å². The van der Waals surface area contributed by atoms with Gasteiger partial charge < -0.3 is 5.32 Å². The highest BCUT2D eigenvalue weighted by Gasteiger charge is 2.00. The molecule has 0 bridgehead atoms. The molecule has 1 aromatic rings. The summed E-state index contributed by atoms with van der Waals surface area (Å²) in [7, 11) is 0. The first-order valence-electron chi connectivity index (χ1n) is 4.92. The van der Waals surface area contributed by atoms with E-state index in [0.717, 1.165) is 11.3 Å². The Labute approximate surface area is 98.9 Å². The lowest BCUT2D eigenvalue weighted by molar-refractivity contribution is -0.118. The molecule has 1 rings (SSSR count). The third-order valence-electron chi connectivity index (χ3n) is 1.87. The molecule has 0 aliphatic rings. The summed E-state index contributed by atoms with van der Waals surface area (Å²) < 4.78 is 12.6. The van der Waals surface area contributed by atoms with Gasteiger partial charge in [-0.2, -0.15) is 0 Å². The molecule has 0 spiro atoms. The molecule has 0 fully saturated rings. The van der Waals surface area contributed by atoms with Gasteiger partial charge in [0.2, 0.25) is 5.91 Å². The Bertz CT molecular complexity index is 351. The van der Waals surface area contributed by atoms with Gasteiger partial charge in [-0.05, 0) is 17.7 Å². The second-order valence-corrected chi connectivity index (χ2v) is 4.24. The van der Waals surface area contributed by atoms with E-state index in [2.05, 4.69) is 11.9 Å². The van der Waals surface area contributed by atoms with Crippen LogP contribution in [-0.4, -0.2) is 17.4 Å². The van der Waals surface area contributed by atoms with Crippen molar-refractivity contribution >= 4 is 17.7 Å². The molecule has 0 unspecified atom stereocenters. The number of thioether (sulfide) groups is 1. The van der Waals surface area contributed by atoms with E-state index < -0.39 is 0 Å². The highest BCUT2D eigenvalue weighted by molar-refractivity contribution is 8.00. The van der Waals surface area contributed by atoms with Crippen LogP contribution in [0.3, 0.4) is 0 Å². The molecule has 0 aliphatic carbocycles. The molecule has 1 N–H and O–H groups in total. The van der Waals surface area contributed by atoms with E-state index in [1.807, 2.05) is 0 Å². The maximum atomic E-state index is 12.6. The van der Waals surface area contributed by atoms with Crippen LogP contribution < -0.4 is 5.32 Å². The van der Waals surface area contributed by atoms with Crippen LogP contribution in [-0.2, 0) is 11.3 Å². The second kappa shape index (κ2) is 7.06. The van der Waals surface area contributed by atoms with E-state index >= 15 is 0 Å². The number of benzene rings is 1. The lowest BCUT2D eigenvalue weighted by Gasteiger charge is -2.04. The summed E-state index contributed by atoms with van der Waals surface area (Å²) in [5, 5.41) is 2.76. The summed E-state index contributed by atoms with van der Waals surface area (Å²) in [6, 6.07) is 6.08. The first-order valence-corrected chi connectivity index (χ1v) is 6.07. The molecule has 0 saturated heterocycles. The fourth-order valence-corrected chi connectivity index (χ4v) is 1.66. The molecule has 16 heavy (non-hydrogen) atoms. The molecule has 0 radical (unpaired) electrons. The minimum atomic E-state index is -0.267. The maximum absolute atomic E-state index is 12.6. The number of amides is 1. The average Bonchev–Trinajstić information content (AvgIpc) is 2.29. The zero-order valence-corrected chi connectivity index (χ0v) is 9.73. The SMILES string of the molecule is C=CCSCC(=O)NCc1ccc(F)cc1. The normalized spacial score (nSPS) is 9.81. The van der Waals surface area contributed by atoms with Crippen molar-refractivity contribution in [3.8, 4) is 0 Å².